The molecule has 0 amide bonds. The molecule has 15 heavy (non-hydrogen) atoms. The molecular formula is C12H23N3. The van der Waals surface area contributed by atoms with Crippen LogP contribution in [0.2, 0.25) is 0 Å². The van der Waals surface area contributed by atoms with E-state index in [9.17, 15) is 0 Å². The second-order valence-electron chi connectivity index (χ2n) is 3.97. The van der Waals surface area contributed by atoms with Gasteiger partial charge in [0.05, 0.1) is 0 Å². The molecule has 1 atom stereocenters. The summed E-state index contributed by atoms with van der Waals surface area (Å²) in [6.45, 7) is 5.51. The highest BCUT2D eigenvalue weighted by Gasteiger charge is 2.06. The standard InChI is InChI=1S/C12H23N3/c1-4-9-15-10-8-14-12(15)7-6-11(5-2)13-3/h8,10-11,13H,4-7,9H2,1-3H3. The third-order valence-electron chi connectivity index (χ3n) is 2.88. The lowest BCUT2D eigenvalue weighted by atomic mass is 10.1. The summed E-state index contributed by atoms with van der Waals surface area (Å²) in [6, 6.07) is 0.622. The minimum Gasteiger partial charge on any atom is -0.335 e. The Morgan fingerprint density at radius 2 is 2.27 bits per heavy atom. The van der Waals surface area contributed by atoms with Gasteiger partial charge < -0.3 is 9.88 Å². The van der Waals surface area contributed by atoms with Gasteiger partial charge in [-0.1, -0.05) is 13.8 Å². The van der Waals surface area contributed by atoms with Crippen LogP contribution in [-0.4, -0.2) is 22.6 Å². The van der Waals surface area contributed by atoms with E-state index in [1.54, 1.807) is 0 Å². The molecule has 0 spiro atoms. The number of nitrogens with one attached hydrogen (secondary N) is 1. The van der Waals surface area contributed by atoms with Crippen molar-refractivity contribution >= 4 is 0 Å². The topological polar surface area (TPSA) is 29.9 Å². The predicted molar refractivity (Wildman–Crippen MR) is 64.0 cm³/mol. The maximum Gasteiger partial charge on any atom is 0.108 e. The molecule has 0 aliphatic carbocycles. The molecule has 1 N–H and O–H groups in total. The van der Waals surface area contributed by atoms with E-state index in [0.29, 0.717) is 6.04 Å². The van der Waals surface area contributed by atoms with E-state index in [4.69, 9.17) is 0 Å². The molecule has 0 aromatic carbocycles. The minimum absolute atomic E-state index is 0.622. The smallest absolute Gasteiger partial charge is 0.108 e. The van der Waals surface area contributed by atoms with E-state index >= 15 is 0 Å². The van der Waals surface area contributed by atoms with Gasteiger partial charge in [-0.15, -0.1) is 0 Å². The third-order valence-corrected chi connectivity index (χ3v) is 2.88. The summed E-state index contributed by atoms with van der Waals surface area (Å²) in [6.07, 6.45) is 8.60. The molecule has 1 aromatic heterocycles. The van der Waals surface area contributed by atoms with Crippen molar-refractivity contribution < 1.29 is 0 Å². The molecule has 1 aromatic rings. The van der Waals surface area contributed by atoms with Gasteiger partial charge in [0.2, 0.25) is 0 Å². The van der Waals surface area contributed by atoms with E-state index in [1.807, 2.05) is 13.2 Å². The van der Waals surface area contributed by atoms with Crippen molar-refractivity contribution in [1.82, 2.24) is 14.9 Å². The first-order valence-corrected chi connectivity index (χ1v) is 5.99. The van der Waals surface area contributed by atoms with E-state index in [2.05, 4.69) is 34.9 Å². The Balaban J connectivity index is 2.45. The third kappa shape index (κ3) is 3.67. The summed E-state index contributed by atoms with van der Waals surface area (Å²) in [5.41, 5.74) is 0. The van der Waals surface area contributed by atoms with Crippen LogP contribution >= 0.6 is 0 Å². The highest BCUT2D eigenvalue weighted by Crippen LogP contribution is 2.06. The number of hydrogen-bond donors (Lipinski definition) is 1. The Kier molecular flexibility index (Phi) is 5.40. The summed E-state index contributed by atoms with van der Waals surface area (Å²) in [5.74, 6) is 1.23. The SMILES string of the molecule is CCCn1ccnc1CCC(CC)NC. The van der Waals surface area contributed by atoms with Crippen molar-refractivity contribution in [2.75, 3.05) is 7.05 Å². The average Bonchev–Trinajstić information content (AvgIpc) is 2.68. The first kappa shape index (κ1) is 12.2. The Hall–Kier alpha value is -0.830. The molecule has 0 saturated carbocycles. The average molecular weight is 209 g/mol. The predicted octanol–water partition coefficient (Wildman–Crippen LogP) is 2.22. The van der Waals surface area contributed by atoms with Crippen molar-refractivity contribution in [2.24, 2.45) is 0 Å². The van der Waals surface area contributed by atoms with E-state index in [0.717, 1.165) is 13.0 Å². The van der Waals surface area contributed by atoms with Gasteiger partial charge in [-0.3, -0.25) is 0 Å². The summed E-state index contributed by atoms with van der Waals surface area (Å²) in [7, 11) is 2.03. The molecule has 0 aliphatic rings. The van der Waals surface area contributed by atoms with E-state index in [-0.39, 0.29) is 0 Å². The monoisotopic (exact) mass is 209 g/mol. The lowest BCUT2D eigenvalue weighted by Gasteiger charge is -2.13. The van der Waals surface area contributed by atoms with Crippen molar-refractivity contribution in [3.8, 4) is 0 Å². The van der Waals surface area contributed by atoms with Crippen molar-refractivity contribution in [1.29, 1.82) is 0 Å². The summed E-state index contributed by atoms with van der Waals surface area (Å²) in [4.78, 5) is 4.41. The highest BCUT2D eigenvalue weighted by molar-refractivity contribution is 4.93. The van der Waals surface area contributed by atoms with Crippen LogP contribution < -0.4 is 5.32 Å². The van der Waals surface area contributed by atoms with Crippen LogP contribution in [0.25, 0.3) is 0 Å². The van der Waals surface area contributed by atoms with Crippen LogP contribution in [-0.2, 0) is 13.0 Å². The molecular weight excluding hydrogens is 186 g/mol. The zero-order valence-electron chi connectivity index (χ0n) is 10.2. The van der Waals surface area contributed by atoms with Crippen LogP contribution in [0.15, 0.2) is 12.4 Å². The summed E-state index contributed by atoms with van der Waals surface area (Å²) in [5, 5.41) is 3.33. The summed E-state index contributed by atoms with van der Waals surface area (Å²) < 4.78 is 2.27. The minimum atomic E-state index is 0.622. The van der Waals surface area contributed by atoms with Crippen molar-refractivity contribution in [3.05, 3.63) is 18.2 Å². The van der Waals surface area contributed by atoms with Gasteiger partial charge in [-0.2, -0.15) is 0 Å². The number of aromatic nitrogens is 2. The van der Waals surface area contributed by atoms with Gasteiger partial charge in [0.25, 0.3) is 0 Å². The van der Waals surface area contributed by atoms with Crippen LogP contribution in [0.5, 0.6) is 0 Å². The van der Waals surface area contributed by atoms with Crippen LogP contribution in [0, 0.1) is 0 Å². The molecule has 1 heterocycles. The number of imidazole rings is 1. The largest absolute Gasteiger partial charge is 0.335 e. The first-order valence-electron chi connectivity index (χ1n) is 5.99. The lowest BCUT2D eigenvalue weighted by molar-refractivity contribution is 0.494. The lowest BCUT2D eigenvalue weighted by Crippen LogP contribution is -2.25. The number of nitrogens with zero attached hydrogens (tertiary/aromatic N) is 2. The molecule has 3 heteroatoms. The first-order chi connectivity index (χ1) is 7.31. The van der Waals surface area contributed by atoms with Gasteiger partial charge >= 0.3 is 0 Å². The molecule has 86 valence electrons. The fourth-order valence-electron chi connectivity index (χ4n) is 1.87. The Labute approximate surface area is 92.9 Å². The van der Waals surface area contributed by atoms with Gasteiger partial charge in [0.15, 0.2) is 0 Å². The van der Waals surface area contributed by atoms with Crippen molar-refractivity contribution in [3.63, 3.8) is 0 Å². The van der Waals surface area contributed by atoms with Gasteiger partial charge in [-0.05, 0) is 26.3 Å². The Morgan fingerprint density at radius 1 is 1.47 bits per heavy atom. The Bertz CT molecular complexity index is 264. The van der Waals surface area contributed by atoms with Crippen LogP contribution in [0.1, 0.15) is 38.9 Å². The zero-order valence-corrected chi connectivity index (χ0v) is 10.2. The van der Waals surface area contributed by atoms with Gasteiger partial charge in [-0.25, -0.2) is 4.98 Å². The highest BCUT2D eigenvalue weighted by atomic mass is 15.1. The Morgan fingerprint density at radius 3 is 2.87 bits per heavy atom. The molecule has 1 rings (SSSR count). The molecule has 3 nitrogen and oxygen atoms in total. The molecule has 0 bridgehead atoms. The summed E-state index contributed by atoms with van der Waals surface area (Å²) >= 11 is 0. The second kappa shape index (κ2) is 6.62. The molecule has 0 fully saturated rings. The fraction of sp³-hybridized carbons (Fsp3) is 0.750. The van der Waals surface area contributed by atoms with E-state index < -0.39 is 0 Å². The van der Waals surface area contributed by atoms with Gasteiger partial charge in [0.1, 0.15) is 5.82 Å². The van der Waals surface area contributed by atoms with E-state index in [1.165, 1.54) is 25.1 Å². The normalized spacial score (nSPS) is 13.0. The maximum absolute atomic E-state index is 4.41. The number of aryl methyl sites for hydroxylation is 2. The maximum atomic E-state index is 4.41. The van der Waals surface area contributed by atoms with Crippen molar-refractivity contribution in [2.45, 2.75) is 52.1 Å². The molecule has 0 saturated heterocycles. The number of rotatable bonds is 7. The second-order valence-corrected chi connectivity index (χ2v) is 3.97. The molecule has 0 radical (unpaired) electrons. The van der Waals surface area contributed by atoms with Gasteiger partial charge in [0, 0.05) is 31.4 Å². The molecule has 1 unspecified atom stereocenters. The van der Waals surface area contributed by atoms with Crippen LogP contribution in [0.3, 0.4) is 0 Å². The zero-order chi connectivity index (χ0) is 11.1. The molecule has 0 aliphatic heterocycles. The van der Waals surface area contributed by atoms with Crippen LogP contribution in [0.4, 0.5) is 0 Å². The fourth-order valence-corrected chi connectivity index (χ4v) is 1.87. The number of hydrogen-bond acceptors (Lipinski definition) is 2. The quantitative estimate of drug-likeness (QED) is 0.746.